The van der Waals surface area contributed by atoms with Crippen LogP contribution in [0.5, 0.6) is 0 Å². The zero-order chi connectivity index (χ0) is 13.2. The van der Waals surface area contributed by atoms with Gasteiger partial charge in [0, 0.05) is 0 Å². The van der Waals surface area contributed by atoms with Crippen LogP contribution in [0.25, 0.3) is 0 Å². The van der Waals surface area contributed by atoms with Crippen molar-refractivity contribution in [3.8, 4) is 0 Å². The van der Waals surface area contributed by atoms with E-state index < -0.39 is 0 Å². The molecule has 2 nitrogen and oxygen atoms in total. The second kappa shape index (κ2) is 9.57. The lowest BCUT2D eigenvalue weighted by Crippen LogP contribution is -2.35. The molecule has 1 rings (SSSR count). The van der Waals surface area contributed by atoms with Crippen LogP contribution >= 0.6 is 0 Å². The Bertz CT molecular complexity index is 205. The van der Waals surface area contributed by atoms with E-state index in [2.05, 4.69) is 20.4 Å². The molecule has 0 amide bonds. The Morgan fingerprint density at radius 1 is 0.944 bits per heavy atom. The number of ether oxygens (including phenoxy) is 2. The number of unbranched alkanes of at least 4 members (excludes halogenated alkanes) is 6. The van der Waals surface area contributed by atoms with Crippen LogP contribution in [0.4, 0.5) is 0 Å². The van der Waals surface area contributed by atoms with Gasteiger partial charge in [-0.2, -0.15) is 0 Å². The van der Waals surface area contributed by atoms with Crippen molar-refractivity contribution in [1.29, 1.82) is 0 Å². The van der Waals surface area contributed by atoms with Crippen LogP contribution in [0, 0.1) is 0 Å². The molecule has 0 aliphatic carbocycles. The van der Waals surface area contributed by atoms with Crippen LogP contribution in [-0.2, 0) is 9.47 Å². The van der Waals surface area contributed by atoms with Crippen molar-refractivity contribution in [2.45, 2.75) is 90.1 Å². The van der Waals surface area contributed by atoms with Crippen LogP contribution in [0.1, 0.15) is 71.6 Å². The minimum atomic E-state index is 0.0458. The Hall–Kier alpha value is -0.340. The summed E-state index contributed by atoms with van der Waals surface area (Å²) in [4.78, 5) is 0. The summed E-state index contributed by atoms with van der Waals surface area (Å²) < 4.78 is 11.6. The summed E-state index contributed by atoms with van der Waals surface area (Å²) in [5.41, 5.74) is 0. The summed E-state index contributed by atoms with van der Waals surface area (Å²) in [6, 6.07) is 0. The van der Waals surface area contributed by atoms with Crippen molar-refractivity contribution >= 4 is 0 Å². The average molecular weight is 254 g/mol. The van der Waals surface area contributed by atoms with Gasteiger partial charge >= 0.3 is 0 Å². The molecule has 1 aliphatic heterocycles. The molecule has 0 aromatic heterocycles. The summed E-state index contributed by atoms with van der Waals surface area (Å²) in [6.07, 6.45) is 13.9. The van der Waals surface area contributed by atoms with Crippen LogP contribution in [0.3, 0.4) is 0 Å². The molecule has 1 aliphatic rings. The molecule has 0 N–H and O–H groups in total. The minimum absolute atomic E-state index is 0.0458. The fourth-order valence-electron chi connectivity index (χ4n) is 2.57. The highest BCUT2D eigenvalue weighted by atomic mass is 16.7. The Labute approximate surface area is 113 Å². The molecule has 1 heterocycles. The summed E-state index contributed by atoms with van der Waals surface area (Å²) >= 11 is 0. The predicted octanol–water partition coefficient (Wildman–Crippen LogP) is 4.83. The molecule has 1 fully saturated rings. The number of hydrogen-bond acceptors (Lipinski definition) is 2. The molecule has 0 saturated carbocycles. The van der Waals surface area contributed by atoms with E-state index in [1.54, 1.807) is 0 Å². The maximum atomic E-state index is 5.78. The standard InChI is InChI=1S/C16H30O2/c1-4-5-6-7-8-9-10-11-12-16-17-14(2)13-15(3)18-16/h4,14-16H,1,5-13H2,2-3H3/t14-,15-/m1/s1. The average Bonchev–Trinajstić information content (AvgIpc) is 2.31. The van der Waals surface area contributed by atoms with E-state index in [1.165, 1.54) is 44.9 Å². The number of rotatable bonds is 9. The lowest BCUT2D eigenvalue weighted by molar-refractivity contribution is -0.236. The first-order valence-corrected chi connectivity index (χ1v) is 7.64. The highest BCUT2D eigenvalue weighted by Crippen LogP contribution is 2.21. The van der Waals surface area contributed by atoms with Gasteiger partial charge in [0.25, 0.3) is 0 Å². The zero-order valence-electron chi connectivity index (χ0n) is 12.2. The summed E-state index contributed by atoms with van der Waals surface area (Å²) in [5, 5.41) is 0. The molecule has 0 bridgehead atoms. The Kier molecular flexibility index (Phi) is 8.36. The Morgan fingerprint density at radius 2 is 1.50 bits per heavy atom. The molecule has 0 radical (unpaired) electrons. The molecule has 106 valence electrons. The molecule has 0 spiro atoms. The van der Waals surface area contributed by atoms with Gasteiger partial charge in [0.05, 0.1) is 12.2 Å². The molecule has 0 unspecified atom stereocenters. The third kappa shape index (κ3) is 7.17. The molecule has 1 saturated heterocycles. The lowest BCUT2D eigenvalue weighted by Gasteiger charge is -2.32. The van der Waals surface area contributed by atoms with Crippen LogP contribution in [0.2, 0.25) is 0 Å². The Balaban J connectivity index is 1.92. The van der Waals surface area contributed by atoms with Crippen LogP contribution < -0.4 is 0 Å². The normalized spacial score (nSPS) is 28.2. The van der Waals surface area contributed by atoms with Gasteiger partial charge in [-0.15, -0.1) is 6.58 Å². The van der Waals surface area contributed by atoms with Gasteiger partial charge in [-0.3, -0.25) is 0 Å². The van der Waals surface area contributed by atoms with Crippen molar-refractivity contribution < 1.29 is 9.47 Å². The number of allylic oxidation sites excluding steroid dienone is 1. The van der Waals surface area contributed by atoms with Crippen molar-refractivity contribution in [2.75, 3.05) is 0 Å². The highest BCUT2D eigenvalue weighted by Gasteiger charge is 2.24. The molecule has 0 aromatic rings. The SMILES string of the molecule is C=CCCCCCCCCC1O[C@H](C)C[C@@H](C)O1. The minimum Gasteiger partial charge on any atom is -0.350 e. The van der Waals surface area contributed by atoms with E-state index in [0.717, 1.165) is 12.8 Å². The summed E-state index contributed by atoms with van der Waals surface area (Å²) in [7, 11) is 0. The van der Waals surface area contributed by atoms with E-state index in [0.29, 0.717) is 12.2 Å². The van der Waals surface area contributed by atoms with Gasteiger partial charge in [-0.05, 0) is 46.0 Å². The van der Waals surface area contributed by atoms with Gasteiger partial charge < -0.3 is 9.47 Å². The van der Waals surface area contributed by atoms with E-state index in [1.807, 2.05) is 6.08 Å². The summed E-state index contributed by atoms with van der Waals surface area (Å²) in [6.45, 7) is 8.03. The second-order valence-electron chi connectivity index (χ2n) is 5.55. The number of hydrogen-bond donors (Lipinski definition) is 0. The molecule has 0 aromatic carbocycles. The van der Waals surface area contributed by atoms with Crippen molar-refractivity contribution in [3.05, 3.63) is 12.7 Å². The molecular weight excluding hydrogens is 224 g/mol. The molecule has 18 heavy (non-hydrogen) atoms. The van der Waals surface area contributed by atoms with Gasteiger partial charge in [0.1, 0.15) is 0 Å². The second-order valence-corrected chi connectivity index (χ2v) is 5.55. The van der Waals surface area contributed by atoms with Gasteiger partial charge in [-0.25, -0.2) is 0 Å². The quantitative estimate of drug-likeness (QED) is 0.433. The fourth-order valence-corrected chi connectivity index (χ4v) is 2.57. The van der Waals surface area contributed by atoms with Gasteiger partial charge in [-0.1, -0.05) is 31.8 Å². The van der Waals surface area contributed by atoms with E-state index >= 15 is 0 Å². The van der Waals surface area contributed by atoms with E-state index in [9.17, 15) is 0 Å². The van der Waals surface area contributed by atoms with Crippen molar-refractivity contribution in [3.63, 3.8) is 0 Å². The predicted molar refractivity (Wildman–Crippen MR) is 76.6 cm³/mol. The zero-order valence-corrected chi connectivity index (χ0v) is 12.2. The third-order valence-corrected chi connectivity index (χ3v) is 3.53. The molecule has 2 atom stereocenters. The molecular formula is C16H30O2. The third-order valence-electron chi connectivity index (χ3n) is 3.53. The maximum absolute atomic E-state index is 5.78. The smallest absolute Gasteiger partial charge is 0.158 e. The molecule has 2 heteroatoms. The van der Waals surface area contributed by atoms with Crippen LogP contribution in [0.15, 0.2) is 12.7 Å². The highest BCUT2D eigenvalue weighted by molar-refractivity contribution is 4.66. The van der Waals surface area contributed by atoms with E-state index in [-0.39, 0.29) is 6.29 Å². The Morgan fingerprint density at radius 3 is 2.11 bits per heavy atom. The van der Waals surface area contributed by atoms with Gasteiger partial charge in [0.15, 0.2) is 6.29 Å². The lowest BCUT2D eigenvalue weighted by atomic mass is 10.1. The van der Waals surface area contributed by atoms with Gasteiger partial charge in [0.2, 0.25) is 0 Å². The fraction of sp³-hybridized carbons (Fsp3) is 0.875. The summed E-state index contributed by atoms with van der Waals surface area (Å²) in [5.74, 6) is 0. The first-order chi connectivity index (χ1) is 8.72. The topological polar surface area (TPSA) is 18.5 Å². The largest absolute Gasteiger partial charge is 0.350 e. The van der Waals surface area contributed by atoms with Crippen molar-refractivity contribution in [2.24, 2.45) is 0 Å². The van der Waals surface area contributed by atoms with Crippen LogP contribution in [-0.4, -0.2) is 18.5 Å². The monoisotopic (exact) mass is 254 g/mol. The first kappa shape index (κ1) is 15.7. The first-order valence-electron chi connectivity index (χ1n) is 7.64. The van der Waals surface area contributed by atoms with Crippen molar-refractivity contribution in [1.82, 2.24) is 0 Å². The van der Waals surface area contributed by atoms with E-state index in [4.69, 9.17) is 9.47 Å². The maximum Gasteiger partial charge on any atom is 0.158 e.